The second-order valence-electron chi connectivity index (χ2n) is 3.18. The Labute approximate surface area is 62.0 Å². The van der Waals surface area contributed by atoms with E-state index in [4.69, 9.17) is 0 Å². The average molecular weight is 145 g/mol. The van der Waals surface area contributed by atoms with Crippen LogP contribution in [0.1, 0.15) is 25.7 Å². The van der Waals surface area contributed by atoms with Crippen molar-refractivity contribution in [3.8, 4) is 0 Å². The Balaban J connectivity index is 2.13. The van der Waals surface area contributed by atoms with Crippen molar-refractivity contribution < 1.29 is 4.39 Å². The number of halogens is 1. The van der Waals surface area contributed by atoms with E-state index >= 15 is 0 Å². The Bertz CT molecular complexity index is 87.3. The molecule has 60 valence electrons. The van der Waals surface area contributed by atoms with Gasteiger partial charge >= 0.3 is 0 Å². The molecule has 0 spiro atoms. The fourth-order valence-corrected chi connectivity index (χ4v) is 1.61. The summed E-state index contributed by atoms with van der Waals surface area (Å²) in [5.74, 6) is 0.733. The summed E-state index contributed by atoms with van der Waals surface area (Å²) < 4.78 is 12.6. The predicted molar refractivity (Wildman–Crippen MR) is 40.8 cm³/mol. The largest absolute Gasteiger partial charge is 0.319 e. The first-order valence-corrected chi connectivity index (χ1v) is 4.11. The molecule has 0 unspecified atom stereocenters. The third-order valence-corrected chi connectivity index (χ3v) is 2.27. The zero-order valence-electron chi connectivity index (χ0n) is 6.57. The van der Waals surface area contributed by atoms with E-state index in [1.807, 2.05) is 7.05 Å². The highest BCUT2D eigenvalue weighted by Gasteiger charge is 2.19. The van der Waals surface area contributed by atoms with E-state index in [1.54, 1.807) is 0 Å². The molecule has 1 fully saturated rings. The molecule has 0 bridgehead atoms. The Morgan fingerprint density at radius 3 is 2.40 bits per heavy atom. The first-order chi connectivity index (χ1) is 4.83. The van der Waals surface area contributed by atoms with Gasteiger partial charge in [-0.2, -0.15) is 0 Å². The van der Waals surface area contributed by atoms with Gasteiger partial charge in [0.1, 0.15) is 6.17 Å². The molecule has 0 aliphatic heterocycles. The molecule has 10 heavy (non-hydrogen) atoms. The van der Waals surface area contributed by atoms with Crippen LogP contribution >= 0.6 is 0 Å². The van der Waals surface area contributed by atoms with Crippen molar-refractivity contribution >= 4 is 0 Å². The minimum absolute atomic E-state index is 0.506. The van der Waals surface area contributed by atoms with Crippen molar-refractivity contribution in [2.75, 3.05) is 13.6 Å². The van der Waals surface area contributed by atoms with Gasteiger partial charge in [-0.3, -0.25) is 0 Å². The molecule has 0 radical (unpaired) electrons. The highest BCUT2D eigenvalue weighted by molar-refractivity contribution is 4.72. The topological polar surface area (TPSA) is 12.0 Å². The maximum atomic E-state index is 12.6. The Morgan fingerprint density at radius 2 is 1.90 bits per heavy atom. The molecule has 1 aliphatic carbocycles. The summed E-state index contributed by atoms with van der Waals surface area (Å²) in [5.41, 5.74) is 0. The van der Waals surface area contributed by atoms with E-state index in [0.29, 0.717) is 0 Å². The van der Waals surface area contributed by atoms with Crippen molar-refractivity contribution in [1.82, 2.24) is 5.32 Å². The Kier molecular flexibility index (Phi) is 3.13. The van der Waals surface area contributed by atoms with Crippen LogP contribution in [0.5, 0.6) is 0 Å². The quantitative estimate of drug-likeness (QED) is 0.624. The molecular formula is C8H16FN. The smallest absolute Gasteiger partial charge is 0.100 e. The number of rotatable bonds is 2. The summed E-state index contributed by atoms with van der Waals surface area (Å²) in [4.78, 5) is 0. The predicted octanol–water partition coefficient (Wildman–Crippen LogP) is 1.73. The zero-order chi connectivity index (χ0) is 7.40. The summed E-state index contributed by atoms with van der Waals surface area (Å²) in [6, 6.07) is 0. The van der Waals surface area contributed by atoms with Crippen LogP contribution in [-0.2, 0) is 0 Å². The first-order valence-electron chi connectivity index (χ1n) is 4.11. The molecule has 1 saturated carbocycles. The molecule has 0 aromatic heterocycles. The lowest BCUT2D eigenvalue weighted by molar-refractivity contribution is 0.206. The molecule has 1 N–H and O–H groups in total. The van der Waals surface area contributed by atoms with Crippen molar-refractivity contribution in [2.45, 2.75) is 31.9 Å². The highest BCUT2D eigenvalue weighted by atomic mass is 19.1. The third kappa shape index (κ3) is 2.25. The minimum Gasteiger partial charge on any atom is -0.319 e. The molecule has 0 heterocycles. The van der Waals surface area contributed by atoms with Crippen LogP contribution in [0.25, 0.3) is 0 Å². The Morgan fingerprint density at radius 1 is 1.30 bits per heavy atom. The minimum atomic E-state index is -0.506. The fraction of sp³-hybridized carbons (Fsp3) is 1.00. The van der Waals surface area contributed by atoms with Crippen molar-refractivity contribution in [3.63, 3.8) is 0 Å². The molecule has 0 amide bonds. The molecule has 1 nitrogen and oxygen atoms in total. The summed E-state index contributed by atoms with van der Waals surface area (Å²) >= 11 is 0. The van der Waals surface area contributed by atoms with Crippen LogP contribution in [-0.4, -0.2) is 19.8 Å². The Hall–Kier alpha value is -0.110. The second-order valence-corrected chi connectivity index (χ2v) is 3.18. The van der Waals surface area contributed by atoms with Crippen LogP contribution < -0.4 is 5.32 Å². The highest BCUT2D eigenvalue weighted by Crippen LogP contribution is 2.25. The third-order valence-electron chi connectivity index (χ3n) is 2.27. The van der Waals surface area contributed by atoms with Gasteiger partial charge in [0.25, 0.3) is 0 Å². The van der Waals surface area contributed by atoms with Crippen LogP contribution in [0.15, 0.2) is 0 Å². The number of hydrogen-bond acceptors (Lipinski definition) is 1. The SMILES string of the molecule is CNCC1CCC(F)CC1. The average Bonchev–Trinajstić information content (AvgIpc) is 1.95. The summed E-state index contributed by atoms with van der Waals surface area (Å²) in [7, 11) is 1.96. The van der Waals surface area contributed by atoms with Gasteiger partial charge in [0.15, 0.2) is 0 Å². The monoisotopic (exact) mass is 145 g/mol. The van der Waals surface area contributed by atoms with E-state index in [9.17, 15) is 4.39 Å². The van der Waals surface area contributed by atoms with E-state index in [2.05, 4.69) is 5.32 Å². The molecule has 0 saturated heterocycles. The van der Waals surface area contributed by atoms with E-state index in [1.165, 1.54) is 0 Å². The summed E-state index contributed by atoms with van der Waals surface area (Å²) in [5, 5.41) is 3.13. The standard InChI is InChI=1S/C8H16FN/c1-10-6-7-2-4-8(9)5-3-7/h7-8,10H,2-6H2,1H3. The van der Waals surface area contributed by atoms with Crippen LogP contribution in [0, 0.1) is 5.92 Å². The number of alkyl halides is 1. The lowest BCUT2D eigenvalue weighted by Crippen LogP contribution is -2.24. The van der Waals surface area contributed by atoms with Gasteiger partial charge in [-0.15, -0.1) is 0 Å². The van der Waals surface area contributed by atoms with Gasteiger partial charge in [0.05, 0.1) is 0 Å². The molecule has 1 rings (SSSR count). The lowest BCUT2D eigenvalue weighted by Gasteiger charge is -2.23. The zero-order valence-corrected chi connectivity index (χ0v) is 6.57. The van der Waals surface area contributed by atoms with Gasteiger partial charge < -0.3 is 5.32 Å². The molecule has 0 aromatic rings. The molecule has 0 atom stereocenters. The molecule has 0 aromatic carbocycles. The maximum absolute atomic E-state index is 12.6. The van der Waals surface area contributed by atoms with Crippen molar-refractivity contribution in [1.29, 1.82) is 0 Å². The number of nitrogens with one attached hydrogen (secondary N) is 1. The normalized spacial score (nSPS) is 34.2. The van der Waals surface area contributed by atoms with Gasteiger partial charge in [-0.05, 0) is 45.2 Å². The lowest BCUT2D eigenvalue weighted by atomic mass is 9.88. The van der Waals surface area contributed by atoms with Crippen LogP contribution in [0.4, 0.5) is 4.39 Å². The summed E-state index contributed by atoms with van der Waals surface area (Å²) in [6.07, 6.45) is 3.20. The van der Waals surface area contributed by atoms with Crippen molar-refractivity contribution in [3.05, 3.63) is 0 Å². The number of hydrogen-bond donors (Lipinski definition) is 1. The summed E-state index contributed by atoms with van der Waals surface area (Å²) in [6.45, 7) is 1.06. The van der Waals surface area contributed by atoms with E-state index in [0.717, 1.165) is 38.1 Å². The van der Waals surface area contributed by atoms with E-state index in [-0.39, 0.29) is 0 Å². The van der Waals surface area contributed by atoms with Gasteiger partial charge in [-0.25, -0.2) is 4.39 Å². The maximum Gasteiger partial charge on any atom is 0.100 e. The van der Waals surface area contributed by atoms with Gasteiger partial charge in [0.2, 0.25) is 0 Å². The molecular weight excluding hydrogens is 129 g/mol. The van der Waals surface area contributed by atoms with Crippen molar-refractivity contribution in [2.24, 2.45) is 5.92 Å². The second kappa shape index (κ2) is 3.91. The molecule has 2 heteroatoms. The van der Waals surface area contributed by atoms with E-state index < -0.39 is 6.17 Å². The van der Waals surface area contributed by atoms with Crippen LogP contribution in [0.3, 0.4) is 0 Å². The van der Waals surface area contributed by atoms with Gasteiger partial charge in [-0.1, -0.05) is 0 Å². The molecule has 1 aliphatic rings. The first kappa shape index (κ1) is 7.99. The van der Waals surface area contributed by atoms with Crippen LogP contribution in [0.2, 0.25) is 0 Å². The fourth-order valence-electron chi connectivity index (χ4n) is 1.61. The van der Waals surface area contributed by atoms with Gasteiger partial charge in [0, 0.05) is 0 Å².